The molecule has 4 heterocycles. The van der Waals surface area contributed by atoms with Crippen LogP contribution in [0.2, 0.25) is 0 Å². The summed E-state index contributed by atoms with van der Waals surface area (Å²) in [5.41, 5.74) is 12.3. The third-order valence-corrected chi connectivity index (χ3v) is 12.7. The van der Waals surface area contributed by atoms with Crippen LogP contribution in [0.4, 0.5) is 0 Å². The van der Waals surface area contributed by atoms with Gasteiger partial charge in [0.2, 0.25) is 0 Å². The van der Waals surface area contributed by atoms with E-state index < -0.39 is 0 Å². The molecule has 0 aliphatic rings. The number of aryl methyl sites for hydroxylation is 4. The number of ether oxygens (including phenoxy) is 1. The highest BCUT2D eigenvalue weighted by Gasteiger charge is 2.21. The van der Waals surface area contributed by atoms with Crippen molar-refractivity contribution in [1.82, 2.24) is 14.5 Å². The summed E-state index contributed by atoms with van der Waals surface area (Å²) in [6.45, 7) is 12.9. The normalized spacial score (nSPS) is 11.8. The number of hydrogen-bond donors (Lipinski definition) is 0. The molecular weight excluding hydrogens is 675 g/mol. The molecule has 0 amide bonds. The van der Waals surface area contributed by atoms with Gasteiger partial charge in [0.15, 0.2) is 0 Å². The van der Waals surface area contributed by atoms with Crippen LogP contribution in [-0.2, 0) is 13.0 Å². The van der Waals surface area contributed by atoms with E-state index in [4.69, 9.17) is 14.7 Å². The van der Waals surface area contributed by atoms with Crippen LogP contribution in [0.3, 0.4) is 0 Å². The number of unbranched alkanes of at least 4 members (excludes halogenated alkanes) is 7. The minimum absolute atomic E-state index is 0.736. The van der Waals surface area contributed by atoms with Crippen LogP contribution in [0.5, 0.6) is 5.75 Å². The van der Waals surface area contributed by atoms with Gasteiger partial charge < -0.3 is 9.30 Å². The molecule has 0 bridgehead atoms. The van der Waals surface area contributed by atoms with Crippen molar-refractivity contribution in [1.29, 1.82) is 0 Å². The van der Waals surface area contributed by atoms with Gasteiger partial charge in [-0.1, -0.05) is 102 Å². The summed E-state index contributed by atoms with van der Waals surface area (Å²) in [6, 6.07) is 26.7. The van der Waals surface area contributed by atoms with Crippen molar-refractivity contribution in [2.45, 2.75) is 112 Å². The molecule has 4 aromatic heterocycles. The van der Waals surface area contributed by atoms with Crippen LogP contribution in [0.15, 0.2) is 72.8 Å². The van der Waals surface area contributed by atoms with E-state index in [0.29, 0.717) is 0 Å². The van der Waals surface area contributed by atoms with Crippen molar-refractivity contribution in [2.75, 3.05) is 6.61 Å². The average Bonchev–Trinajstić information content (AvgIpc) is 3.83. The zero-order valence-electron chi connectivity index (χ0n) is 31.7. The maximum atomic E-state index is 6.01. The largest absolute Gasteiger partial charge is 0.494 e. The molecule has 3 aromatic carbocycles. The molecular formula is C46H53N3OS2. The predicted octanol–water partition coefficient (Wildman–Crippen LogP) is 14.4. The fourth-order valence-corrected chi connectivity index (χ4v) is 9.63. The van der Waals surface area contributed by atoms with Gasteiger partial charge in [0, 0.05) is 33.0 Å². The first-order chi connectivity index (χ1) is 25.5. The van der Waals surface area contributed by atoms with E-state index in [2.05, 4.69) is 112 Å². The molecule has 0 unspecified atom stereocenters. The summed E-state index contributed by atoms with van der Waals surface area (Å²) in [4.78, 5) is 13.7. The smallest absolute Gasteiger partial charge is 0.119 e. The quantitative estimate of drug-likeness (QED) is 0.0877. The molecule has 0 atom stereocenters. The Bertz CT molecular complexity index is 2260. The number of thiophene rings is 2. The van der Waals surface area contributed by atoms with E-state index in [0.717, 1.165) is 82.8 Å². The summed E-state index contributed by atoms with van der Waals surface area (Å²) in [7, 11) is 0. The molecule has 0 spiro atoms. The molecule has 0 saturated carbocycles. The molecule has 6 heteroatoms. The lowest BCUT2D eigenvalue weighted by molar-refractivity contribution is 0.309. The summed E-state index contributed by atoms with van der Waals surface area (Å²) in [6.07, 6.45) is 13.5. The number of nitrogens with zero attached hydrogens (tertiary/aromatic N) is 3. The second-order valence-electron chi connectivity index (χ2n) is 14.4. The first-order valence-electron chi connectivity index (χ1n) is 19.7. The molecule has 4 nitrogen and oxygen atoms in total. The monoisotopic (exact) mass is 727 g/mol. The lowest BCUT2D eigenvalue weighted by Crippen LogP contribution is -1.99. The Kier molecular flexibility index (Phi) is 11.7. The van der Waals surface area contributed by atoms with Crippen LogP contribution in [0.1, 0.15) is 101 Å². The number of hydrogen-bond acceptors (Lipinski definition) is 5. The molecule has 270 valence electrons. The topological polar surface area (TPSA) is 39.9 Å². The Balaban J connectivity index is 1.33. The average molecular weight is 728 g/mol. The second-order valence-corrected chi connectivity index (χ2v) is 16.7. The zero-order valence-corrected chi connectivity index (χ0v) is 33.3. The maximum Gasteiger partial charge on any atom is 0.119 e. The molecule has 7 aromatic rings. The third-order valence-electron chi connectivity index (χ3n) is 10.3. The Morgan fingerprint density at radius 2 is 1.25 bits per heavy atom. The van der Waals surface area contributed by atoms with Crippen molar-refractivity contribution in [3.05, 3.63) is 88.8 Å². The van der Waals surface area contributed by atoms with Gasteiger partial charge in [-0.2, -0.15) is 0 Å². The van der Waals surface area contributed by atoms with Crippen molar-refractivity contribution < 1.29 is 4.74 Å². The summed E-state index contributed by atoms with van der Waals surface area (Å²) < 4.78 is 11.4. The number of rotatable bonds is 17. The molecule has 52 heavy (non-hydrogen) atoms. The van der Waals surface area contributed by atoms with Crippen LogP contribution in [0.25, 0.3) is 64.4 Å². The Morgan fingerprint density at radius 3 is 1.98 bits per heavy atom. The molecule has 0 radical (unpaired) electrons. The number of aromatic nitrogens is 3. The standard InChI is InChI=1S/C46H53N3OS2/c1-6-9-12-13-14-15-27-49-38-29-32(5)51-45(38)46-39(49)30-40(52-46)37-26-17-31(4)41-44(37)48-43(34-20-18-33(19-21-34)16-10-7-2)42(47-41)35-22-24-36(25-23-35)50-28-11-8-3/h17-26,29-30H,6-16,27-28H2,1-5H3. The molecule has 0 aliphatic carbocycles. The highest BCUT2D eigenvalue weighted by molar-refractivity contribution is 7.29. The number of benzene rings is 3. The van der Waals surface area contributed by atoms with Crippen molar-refractivity contribution in [3.63, 3.8) is 0 Å². The van der Waals surface area contributed by atoms with Crippen LogP contribution >= 0.6 is 22.7 Å². The highest BCUT2D eigenvalue weighted by atomic mass is 32.1. The SMILES string of the molecule is CCCCCCCCn1c2cc(C)sc2c2sc(-c3ccc(C)c4nc(-c5ccc(OCCCC)cc5)c(-c5ccc(CCCC)cc5)nc34)cc21. The van der Waals surface area contributed by atoms with E-state index in [9.17, 15) is 0 Å². The van der Waals surface area contributed by atoms with Crippen molar-refractivity contribution >= 4 is 54.1 Å². The lowest BCUT2D eigenvalue weighted by Gasteiger charge is -2.15. The van der Waals surface area contributed by atoms with Gasteiger partial charge in [-0.25, -0.2) is 9.97 Å². The summed E-state index contributed by atoms with van der Waals surface area (Å²) in [5, 5.41) is 0. The Labute approximate surface area is 317 Å². The first-order valence-corrected chi connectivity index (χ1v) is 21.3. The van der Waals surface area contributed by atoms with E-state index in [-0.39, 0.29) is 0 Å². The lowest BCUT2D eigenvalue weighted by atomic mass is 9.99. The van der Waals surface area contributed by atoms with Crippen LogP contribution in [0, 0.1) is 13.8 Å². The van der Waals surface area contributed by atoms with Gasteiger partial charge in [0.25, 0.3) is 0 Å². The zero-order chi connectivity index (χ0) is 36.0. The van der Waals surface area contributed by atoms with Crippen molar-refractivity contribution in [3.8, 4) is 38.7 Å². The van der Waals surface area contributed by atoms with Gasteiger partial charge in [0.1, 0.15) is 5.75 Å². The van der Waals surface area contributed by atoms with E-state index >= 15 is 0 Å². The minimum Gasteiger partial charge on any atom is -0.494 e. The molecule has 7 rings (SSSR count). The van der Waals surface area contributed by atoms with Crippen LogP contribution in [-0.4, -0.2) is 21.1 Å². The molecule has 0 aliphatic heterocycles. The van der Waals surface area contributed by atoms with E-state index in [1.54, 1.807) is 0 Å². The Morgan fingerprint density at radius 1 is 0.615 bits per heavy atom. The Hall–Kier alpha value is -4.00. The molecule has 0 N–H and O–H groups in total. The second kappa shape index (κ2) is 16.8. The van der Waals surface area contributed by atoms with Gasteiger partial charge >= 0.3 is 0 Å². The van der Waals surface area contributed by atoms with Gasteiger partial charge in [-0.15, -0.1) is 22.7 Å². The fourth-order valence-electron chi connectivity index (χ4n) is 7.28. The maximum absolute atomic E-state index is 6.01. The van der Waals surface area contributed by atoms with E-state index in [1.807, 2.05) is 22.7 Å². The predicted molar refractivity (Wildman–Crippen MR) is 226 cm³/mol. The highest BCUT2D eigenvalue weighted by Crippen LogP contribution is 2.45. The number of fused-ring (bicyclic) bond motifs is 4. The summed E-state index contributed by atoms with van der Waals surface area (Å²) >= 11 is 3.85. The third kappa shape index (κ3) is 7.70. The molecule has 0 fully saturated rings. The first kappa shape index (κ1) is 36.4. The van der Waals surface area contributed by atoms with Crippen LogP contribution < -0.4 is 4.74 Å². The van der Waals surface area contributed by atoms with Gasteiger partial charge in [-0.05, 0) is 87.1 Å². The van der Waals surface area contributed by atoms with E-state index in [1.165, 1.54) is 87.1 Å². The molecule has 0 saturated heterocycles. The van der Waals surface area contributed by atoms with Gasteiger partial charge in [0.05, 0.1) is 49.5 Å². The fraction of sp³-hybridized carbons (Fsp3) is 0.391. The summed E-state index contributed by atoms with van der Waals surface area (Å²) in [5.74, 6) is 0.895. The van der Waals surface area contributed by atoms with Gasteiger partial charge in [-0.3, -0.25) is 0 Å². The van der Waals surface area contributed by atoms with Crippen molar-refractivity contribution in [2.24, 2.45) is 0 Å². The minimum atomic E-state index is 0.736.